The Morgan fingerprint density at radius 2 is 1.50 bits per heavy atom. The van der Waals surface area contributed by atoms with Gasteiger partial charge in [0, 0.05) is 29.9 Å². The summed E-state index contributed by atoms with van der Waals surface area (Å²) in [6, 6.07) is 11.0. The molecular formula is C24H31N3O3. The van der Waals surface area contributed by atoms with Crippen molar-refractivity contribution in [2.75, 3.05) is 38.6 Å². The maximum atomic E-state index is 12.9. The number of phenolic OH excluding ortho intramolecular Hbond substituents is 1. The maximum Gasteiger partial charge on any atom is 0.259 e. The number of anilines is 1. The van der Waals surface area contributed by atoms with Crippen LogP contribution in [0.2, 0.25) is 0 Å². The van der Waals surface area contributed by atoms with Crippen LogP contribution in [0.4, 0.5) is 5.69 Å². The van der Waals surface area contributed by atoms with Gasteiger partial charge in [0.2, 0.25) is 0 Å². The molecule has 2 aromatic rings. The quantitative estimate of drug-likeness (QED) is 0.680. The van der Waals surface area contributed by atoms with Crippen molar-refractivity contribution < 1.29 is 14.6 Å². The fourth-order valence-corrected chi connectivity index (χ4v) is 4.47. The highest BCUT2D eigenvalue weighted by Gasteiger charge is 2.20. The largest absolute Gasteiger partial charge is 0.507 e. The minimum Gasteiger partial charge on any atom is -0.507 e. The van der Waals surface area contributed by atoms with E-state index in [9.17, 15) is 9.90 Å². The Hall–Kier alpha value is -2.57. The van der Waals surface area contributed by atoms with Gasteiger partial charge in [-0.25, -0.2) is 0 Å². The van der Waals surface area contributed by atoms with Gasteiger partial charge in [-0.1, -0.05) is 12.1 Å². The van der Waals surface area contributed by atoms with Gasteiger partial charge in [0.05, 0.1) is 12.7 Å². The van der Waals surface area contributed by atoms with Crippen molar-refractivity contribution in [1.82, 2.24) is 9.80 Å². The Bertz CT molecular complexity index is 848. The molecule has 0 aliphatic carbocycles. The number of ether oxygens (including phenoxy) is 1. The third kappa shape index (κ3) is 4.77. The van der Waals surface area contributed by atoms with Crippen molar-refractivity contribution in [2.45, 2.75) is 38.8 Å². The Kier molecular flexibility index (Phi) is 6.55. The molecule has 2 aliphatic rings. The third-order valence-corrected chi connectivity index (χ3v) is 6.06. The molecule has 2 aromatic carbocycles. The van der Waals surface area contributed by atoms with E-state index in [0.717, 1.165) is 37.3 Å². The molecule has 0 aromatic heterocycles. The van der Waals surface area contributed by atoms with Gasteiger partial charge in [-0.05, 0) is 76.1 Å². The smallest absolute Gasteiger partial charge is 0.259 e. The summed E-state index contributed by atoms with van der Waals surface area (Å²) in [5, 5.41) is 14.0. The number of methoxy groups -OCH3 is 1. The summed E-state index contributed by atoms with van der Waals surface area (Å²) < 4.78 is 5.33. The number of benzene rings is 2. The lowest BCUT2D eigenvalue weighted by molar-refractivity contribution is 0.102. The second-order valence-electron chi connectivity index (χ2n) is 8.26. The SMILES string of the molecule is COc1ccccc1C(=O)Nc1cc(CN2CCCC2)c(O)c(CN2CCCC2)c1. The van der Waals surface area contributed by atoms with Crippen LogP contribution in [0.15, 0.2) is 36.4 Å². The van der Waals surface area contributed by atoms with E-state index in [-0.39, 0.29) is 5.91 Å². The van der Waals surface area contributed by atoms with Gasteiger partial charge in [0.25, 0.3) is 5.91 Å². The Balaban J connectivity index is 1.60. The standard InChI is InChI=1S/C24H31N3O3/c1-30-22-9-3-2-8-21(22)24(29)25-20-14-18(16-26-10-4-5-11-26)23(28)19(15-20)17-27-12-6-7-13-27/h2-3,8-9,14-15,28H,4-7,10-13,16-17H2,1H3,(H,25,29). The van der Waals surface area contributed by atoms with Gasteiger partial charge < -0.3 is 15.2 Å². The molecule has 0 saturated carbocycles. The first-order valence-corrected chi connectivity index (χ1v) is 10.9. The van der Waals surface area contributed by atoms with E-state index in [1.54, 1.807) is 19.2 Å². The minimum absolute atomic E-state index is 0.211. The lowest BCUT2D eigenvalue weighted by Gasteiger charge is -2.21. The van der Waals surface area contributed by atoms with Crippen molar-refractivity contribution in [3.05, 3.63) is 53.1 Å². The lowest BCUT2D eigenvalue weighted by atomic mass is 10.1. The highest BCUT2D eigenvalue weighted by Crippen LogP contribution is 2.31. The number of carbonyl (C=O) groups excluding carboxylic acids is 1. The average molecular weight is 410 g/mol. The second kappa shape index (κ2) is 9.49. The molecule has 0 spiro atoms. The molecule has 6 heteroatoms. The van der Waals surface area contributed by atoms with Crippen molar-refractivity contribution in [3.8, 4) is 11.5 Å². The zero-order valence-corrected chi connectivity index (χ0v) is 17.7. The summed E-state index contributed by atoms with van der Waals surface area (Å²) in [6.07, 6.45) is 4.80. The highest BCUT2D eigenvalue weighted by atomic mass is 16.5. The molecule has 2 aliphatic heterocycles. The predicted octanol–water partition coefficient (Wildman–Crippen LogP) is 3.84. The molecule has 1 amide bonds. The first kappa shape index (κ1) is 20.7. The zero-order valence-electron chi connectivity index (χ0n) is 17.7. The Labute approximate surface area is 178 Å². The minimum atomic E-state index is -0.211. The van der Waals surface area contributed by atoms with Crippen molar-refractivity contribution in [3.63, 3.8) is 0 Å². The van der Waals surface area contributed by atoms with Crippen LogP contribution in [0.1, 0.15) is 47.2 Å². The average Bonchev–Trinajstić information content (AvgIpc) is 3.45. The van der Waals surface area contributed by atoms with Gasteiger partial charge >= 0.3 is 0 Å². The van der Waals surface area contributed by atoms with Crippen LogP contribution in [0.5, 0.6) is 11.5 Å². The zero-order chi connectivity index (χ0) is 20.9. The molecule has 2 heterocycles. The van der Waals surface area contributed by atoms with Crippen LogP contribution in [0, 0.1) is 0 Å². The molecule has 160 valence electrons. The first-order chi connectivity index (χ1) is 14.6. The van der Waals surface area contributed by atoms with Crippen LogP contribution in [0.25, 0.3) is 0 Å². The number of amides is 1. The summed E-state index contributed by atoms with van der Waals surface area (Å²) in [5.74, 6) is 0.699. The number of hydrogen-bond donors (Lipinski definition) is 2. The van der Waals surface area contributed by atoms with E-state index in [2.05, 4.69) is 15.1 Å². The van der Waals surface area contributed by atoms with Gasteiger partial charge in [-0.3, -0.25) is 14.6 Å². The van der Waals surface area contributed by atoms with Crippen LogP contribution in [-0.4, -0.2) is 54.1 Å². The van der Waals surface area contributed by atoms with E-state index < -0.39 is 0 Å². The van der Waals surface area contributed by atoms with Crippen molar-refractivity contribution in [1.29, 1.82) is 0 Å². The first-order valence-electron chi connectivity index (χ1n) is 10.9. The number of carbonyl (C=O) groups is 1. The molecule has 0 atom stereocenters. The summed E-state index contributed by atoms with van der Waals surface area (Å²) in [7, 11) is 1.56. The van der Waals surface area contributed by atoms with E-state index in [1.165, 1.54) is 25.7 Å². The summed E-state index contributed by atoms with van der Waals surface area (Å²) in [6.45, 7) is 5.63. The number of hydrogen-bond acceptors (Lipinski definition) is 5. The fourth-order valence-electron chi connectivity index (χ4n) is 4.47. The van der Waals surface area contributed by atoms with Gasteiger partial charge in [0.1, 0.15) is 11.5 Å². The summed E-state index contributed by atoms with van der Waals surface area (Å²) >= 11 is 0. The predicted molar refractivity (Wildman–Crippen MR) is 118 cm³/mol. The molecule has 2 saturated heterocycles. The van der Waals surface area contributed by atoms with Crippen LogP contribution < -0.4 is 10.1 Å². The highest BCUT2D eigenvalue weighted by molar-refractivity contribution is 6.06. The Morgan fingerprint density at radius 3 is 2.03 bits per heavy atom. The van der Waals surface area contributed by atoms with Crippen LogP contribution >= 0.6 is 0 Å². The van der Waals surface area contributed by atoms with Gasteiger partial charge in [0.15, 0.2) is 0 Å². The van der Waals surface area contributed by atoms with Gasteiger partial charge in [-0.15, -0.1) is 0 Å². The molecule has 2 fully saturated rings. The molecule has 0 bridgehead atoms. The van der Waals surface area contributed by atoms with E-state index in [1.807, 2.05) is 24.3 Å². The molecule has 2 N–H and O–H groups in total. The molecule has 4 rings (SSSR count). The van der Waals surface area contributed by atoms with Crippen molar-refractivity contribution >= 4 is 11.6 Å². The number of aromatic hydroxyl groups is 1. The van der Waals surface area contributed by atoms with Gasteiger partial charge in [-0.2, -0.15) is 0 Å². The number of rotatable bonds is 7. The fraction of sp³-hybridized carbons (Fsp3) is 0.458. The molecular weight excluding hydrogens is 378 g/mol. The van der Waals surface area contributed by atoms with E-state index >= 15 is 0 Å². The number of nitrogens with zero attached hydrogens (tertiary/aromatic N) is 2. The molecule has 30 heavy (non-hydrogen) atoms. The summed E-state index contributed by atoms with van der Waals surface area (Å²) in [4.78, 5) is 17.6. The van der Waals surface area contributed by atoms with Crippen LogP contribution in [-0.2, 0) is 13.1 Å². The van der Waals surface area contributed by atoms with Crippen molar-refractivity contribution in [2.24, 2.45) is 0 Å². The molecule has 0 radical (unpaired) electrons. The number of para-hydroxylation sites is 1. The number of nitrogens with one attached hydrogen (secondary N) is 1. The molecule has 6 nitrogen and oxygen atoms in total. The van der Waals surface area contributed by atoms with E-state index in [0.29, 0.717) is 35.8 Å². The maximum absolute atomic E-state index is 12.9. The van der Waals surface area contributed by atoms with E-state index in [4.69, 9.17) is 4.74 Å². The number of phenols is 1. The lowest BCUT2D eigenvalue weighted by Crippen LogP contribution is -2.21. The van der Waals surface area contributed by atoms with Crippen LogP contribution in [0.3, 0.4) is 0 Å². The summed E-state index contributed by atoms with van der Waals surface area (Å²) in [5.41, 5.74) is 2.97. The monoisotopic (exact) mass is 409 g/mol. The topological polar surface area (TPSA) is 65.0 Å². The second-order valence-corrected chi connectivity index (χ2v) is 8.26. The Morgan fingerprint density at radius 1 is 0.967 bits per heavy atom. The normalized spacial score (nSPS) is 17.4. The third-order valence-electron chi connectivity index (χ3n) is 6.06. The number of likely N-dealkylation sites (tertiary alicyclic amines) is 2. The molecule has 0 unspecified atom stereocenters.